The molecule has 0 aromatic heterocycles. The van der Waals surface area contributed by atoms with Crippen LogP contribution in [0, 0.1) is 23.7 Å². The largest absolute Gasteiger partial charge is 0.0628 e. The molecular weight excluding hydrogens is 216 g/mol. The molecule has 0 heteroatoms. The normalized spacial score (nSPS) is 13.8. The highest BCUT2D eigenvalue weighted by atomic mass is 14.2. The summed E-state index contributed by atoms with van der Waals surface area (Å²) in [4.78, 5) is 0. The first-order chi connectivity index (χ1) is 8.41. The SMILES string of the molecule is CC(C)CCCCC(CCCC(C)C)CC(C)C. The standard InChI is InChI=1S/C18H38/c1-15(2)10-7-8-12-18(14-17(5)6)13-9-11-16(3)4/h15-18H,7-14H2,1-6H3. The van der Waals surface area contributed by atoms with E-state index in [2.05, 4.69) is 41.5 Å². The van der Waals surface area contributed by atoms with Gasteiger partial charge in [-0.2, -0.15) is 0 Å². The highest BCUT2D eigenvalue weighted by molar-refractivity contribution is 4.63. The highest BCUT2D eigenvalue weighted by Gasteiger charge is 2.11. The van der Waals surface area contributed by atoms with Crippen molar-refractivity contribution in [3.8, 4) is 0 Å². The van der Waals surface area contributed by atoms with Gasteiger partial charge in [0.25, 0.3) is 0 Å². The first kappa shape index (κ1) is 18.0. The number of hydrogen-bond acceptors (Lipinski definition) is 0. The third kappa shape index (κ3) is 12.5. The van der Waals surface area contributed by atoms with E-state index in [0.29, 0.717) is 0 Å². The molecule has 0 saturated heterocycles. The Hall–Kier alpha value is 0. The minimum absolute atomic E-state index is 0.874. The third-order valence-electron chi connectivity index (χ3n) is 3.84. The zero-order chi connectivity index (χ0) is 14.0. The Bertz CT molecular complexity index is 167. The molecule has 0 bridgehead atoms. The van der Waals surface area contributed by atoms with Crippen molar-refractivity contribution >= 4 is 0 Å². The van der Waals surface area contributed by atoms with Crippen molar-refractivity contribution in [3.05, 3.63) is 0 Å². The van der Waals surface area contributed by atoms with E-state index in [1.807, 2.05) is 0 Å². The molecule has 0 radical (unpaired) electrons. The Morgan fingerprint density at radius 2 is 0.944 bits per heavy atom. The molecular formula is C18H38. The number of rotatable bonds is 11. The second kappa shape index (κ2) is 10.9. The van der Waals surface area contributed by atoms with Gasteiger partial charge in [-0.1, -0.05) is 86.5 Å². The van der Waals surface area contributed by atoms with E-state index in [1.54, 1.807) is 0 Å². The quantitative estimate of drug-likeness (QED) is 0.360. The van der Waals surface area contributed by atoms with Gasteiger partial charge in [-0.15, -0.1) is 0 Å². The summed E-state index contributed by atoms with van der Waals surface area (Å²) in [6.45, 7) is 14.1. The van der Waals surface area contributed by atoms with Crippen LogP contribution in [-0.4, -0.2) is 0 Å². The molecule has 0 spiro atoms. The summed E-state index contributed by atoms with van der Waals surface area (Å²) in [6.07, 6.45) is 11.6. The molecule has 0 aliphatic rings. The van der Waals surface area contributed by atoms with Crippen molar-refractivity contribution < 1.29 is 0 Å². The van der Waals surface area contributed by atoms with Gasteiger partial charge in [-0.25, -0.2) is 0 Å². The van der Waals surface area contributed by atoms with Crippen molar-refractivity contribution in [1.82, 2.24) is 0 Å². The first-order valence-electron chi connectivity index (χ1n) is 8.41. The van der Waals surface area contributed by atoms with Gasteiger partial charge in [0.05, 0.1) is 0 Å². The molecule has 0 N–H and O–H groups in total. The lowest BCUT2D eigenvalue weighted by Crippen LogP contribution is -2.06. The Morgan fingerprint density at radius 3 is 1.44 bits per heavy atom. The molecule has 0 aliphatic carbocycles. The van der Waals surface area contributed by atoms with Crippen LogP contribution >= 0.6 is 0 Å². The van der Waals surface area contributed by atoms with Crippen LogP contribution in [0.2, 0.25) is 0 Å². The van der Waals surface area contributed by atoms with Crippen molar-refractivity contribution in [1.29, 1.82) is 0 Å². The van der Waals surface area contributed by atoms with Gasteiger partial charge in [0, 0.05) is 0 Å². The van der Waals surface area contributed by atoms with Gasteiger partial charge in [0.2, 0.25) is 0 Å². The van der Waals surface area contributed by atoms with Gasteiger partial charge < -0.3 is 0 Å². The van der Waals surface area contributed by atoms with Crippen LogP contribution in [0.15, 0.2) is 0 Å². The van der Waals surface area contributed by atoms with Gasteiger partial charge >= 0.3 is 0 Å². The smallest absolute Gasteiger partial charge is 0.0412 e. The van der Waals surface area contributed by atoms with Crippen LogP contribution in [0.3, 0.4) is 0 Å². The molecule has 0 nitrogen and oxygen atoms in total. The van der Waals surface area contributed by atoms with Crippen LogP contribution in [-0.2, 0) is 0 Å². The van der Waals surface area contributed by atoms with E-state index in [-0.39, 0.29) is 0 Å². The van der Waals surface area contributed by atoms with E-state index in [9.17, 15) is 0 Å². The maximum absolute atomic E-state index is 2.38. The minimum atomic E-state index is 0.874. The average molecular weight is 255 g/mol. The average Bonchev–Trinajstić information content (AvgIpc) is 2.22. The molecule has 0 fully saturated rings. The topological polar surface area (TPSA) is 0 Å². The fourth-order valence-corrected chi connectivity index (χ4v) is 2.85. The predicted octanol–water partition coefficient (Wildman–Crippen LogP) is 6.69. The predicted molar refractivity (Wildman–Crippen MR) is 84.9 cm³/mol. The van der Waals surface area contributed by atoms with Crippen LogP contribution < -0.4 is 0 Å². The van der Waals surface area contributed by atoms with E-state index in [0.717, 1.165) is 23.7 Å². The third-order valence-corrected chi connectivity index (χ3v) is 3.84. The first-order valence-corrected chi connectivity index (χ1v) is 8.41. The highest BCUT2D eigenvalue weighted by Crippen LogP contribution is 2.25. The lowest BCUT2D eigenvalue weighted by atomic mass is 9.87. The summed E-state index contributed by atoms with van der Waals surface area (Å²) in [7, 11) is 0. The van der Waals surface area contributed by atoms with E-state index in [4.69, 9.17) is 0 Å². The van der Waals surface area contributed by atoms with E-state index < -0.39 is 0 Å². The zero-order valence-corrected chi connectivity index (χ0v) is 14.0. The lowest BCUT2D eigenvalue weighted by molar-refractivity contribution is 0.331. The van der Waals surface area contributed by atoms with E-state index in [1.165, 1.54) is 51.4 Å². The second-order valence-corrected chi connectivity index (χ2v) is 7.50. The fourth-order valence-electron chi connectivity index (χ4n) is 2.85. The maximum atomic E-state index is 2.38. The molecule has 0 aromatic rings. The van der Waals surface area contributed by atoms with Gasteiger partial charge in [-0.05, 0) is 30.1 Å². The molecule has 1 atom stereocenters. The summed E-state index contributed by atoms with van der Waals surface area (Å²) in [5.41, 5.74) is 0. The molecule has 0 saturated carbocycles. The minimum Gasteiger partial charge on any atom is -0.0628 e. The Balaban J connectivity index is 3.77. The summed E-state index contributed by atoms with van der Waals surface area (Å²) >= 11 is 0. The Labute approximate surface area is 117 Å². The van der Waals surface area contributed by atoms with Crippen molar-refractivity contribution in [2.45, 2.75) is 92.9 Å². The molecule has 0 amide bonds. The molecule has 18 heavy (non-hydrogen) atoms. The maximum Gasteiger partial charge on any atom is -0.0412 e. The van der Waals surface area contributed by atoms with Crippen LogP contribution in [0.25, 0.3) is 0 Å². The molecule has 0 aromatic carbocycles. The second-order valence-electron chi connectivity index (χ2n) is 7.50. The molecule has 0 rings (SSSR count). The Kier molecular flexibility index (Phi) is 10.9. The van der Waals surface area contributed by atoms with Crippen LogP contribution in [0.1, 0.15) is 92.9 Å². The monoisotopic (exact) mass is 254 g/mol. The van der Waals surface area contributed by atoms with Gasteiger partial charge in [0.15, 0.2) is 0 Å². The summed E-state index contributed by atoms with van der Waals surface area (Å²) in [6, 6.07) is 0. The van der Waals surface area contributed by atoms with Gasteiger partial charge in [-0.3, -0.25) is 0 Å². The lowest BCUT2D eigenvalue weighted by Gasteiger charge is -2.19. The van der Waals surface area contributed by atoms with E-state index >= 15 is 0 Å². The Morgan fingerprint density at radius 1 is 0.500 bits per heavy atom. The van der Waals surface area contributed by atoms with Crippen LogP contribution in [0.5, 0.6) is 0 Å². The van der Waals surface area contributed by atoms with Crippen molar-refractivity contribution in [3.63, 3.8) is 0 Å². The molecule has 110 valence electrons. The van der Waals surface area contributed by atoms with Crippen molar-refractivity contribution in [2.75, 3.05) is 0 Å². The van der Waals surface area contributed by atoms with Crippen LogP contribution in [0.4, 0.5) is 0 Å². The molecule has 0 aliphatic heterocycles. The molecule has 0 heterocycles. The van der Waals surface area contributed by atoms with Crippen molar-refractivity contribution in [2.24, 2.45) is 23.7 Å². The number of hydrogen-bond donors (Lipinski definition) is 0. The summed E-state index contributed by atoms with van der Waals surface area (Å²) in [5.74, 6) is 3.63. The summed E-state index contributed by atoms with van der Waals surface area (Å²) in [5, 5.41) is 0. The zero-order valence-electron chi connectivity index (χ0n) is 14.0. The fraction of sp³-hybridized carbons (Fsp3) is 1.00. The number of unbranched alkanes of at least 4 members (excludes halogenated alkanes) is 1. The van der Waals surface area contributed by atoms with Gasteiger partial charge in [0.1, 0.15) is 0 Å². The molecule has 1 unspecified atom stereocenters. The summed E-state index contributed by atoms with van der Waals surface area (Å²) < 4.78 is 0.